The molecule has 0 aliphatic carbocycles. The average Bonchev–Trinajstić information content (AvgIpc) is 3.35. The average molecular weight is 435 g/mol. The van der Waals surface area contributed by atoms with Crippen molar-refractivity contribution in [2.75, 3.05) is 13.1 Å². The Hall–Kier alpha value is -2.96. The van der Waals surface area contributed by atoms with Gasteiger partial charge < -0.3 is 5.32 Å². The van der Waals surface area contributed by atoms with E-state index in [-0.39, 0.29) is 16.8 Å². The molecule has 0 spiro atoms. The molecule has 4 rings (SSSR count). The van der Waals surface area contributed by atoms with Gasteiger partial charge in [-0.25, -0.2) is 8.42 Å². The summed E-state index contributed by atoms with van der Waals surface area (Å²) in [4.78, 5) is 13.3. The lowest BCUT2D eigenvalue weighted by molar-refractivity contribution is 0.0943. The number of amides is 1. The largest absolute Gasteiger partial charge is 0.341 e. The number of rotatable bonds is 6. The SMILES string of the molecule is Cc1ccccc1[C@H](NC(=O)c1ccc(S(=O)(=O)N2CCCC2)cc1)c1ccccc1. The summed E-state index contributed by atoms with van der Waals surface area (Å²) in [6.45, 7) is 3.13. The Morgan fingerprint density at radius 1 is 0.871 bits per heavy atom. The van der Waals surface area contributed by atoms with Gasteiger partial charge in [-0.15, -0.1) is 0 Å². The third-order valence-electron chi connectivity index (χ3n) is 5.73. The summed E-state index contributed by atoms with van der Waals surface area (Å²) in [6, 6.07) is 23.7. The molecule has 1 aliphatic rings. The number of benzene rings is 3. The van der Waals surface area contributed by atoms with Crippen molar-refractivity contribution < 1.29 is 13.2 Å². The number of hydrogen-bond donors (Lipinski definition) is 1. The van der Waals surface area contributed by atoms with Crippen LogP contribution in [-0.4, -0.2) is 31.7 Å². The van der Waals surface area contributed by atoms with Crippen LogP contribution >= 0.6 is 0 Å². The first kappa shape index (κ1) is 21.3. The molecule has 1 heterocycles. The number of hydrogen-bond acceptors (Lipinski definition) is 3. The smallest absolute Gasteiger partial charge is 0.252 e. The molecule has 3 aromatic carbocycles. The third-order valence-corrected chi connectivity index (χ3v) is 7.64. The molecular formula is C25H26N2O3S. The topological polar surface area (TPSA) is 66.5 Å². The summed E-state index contributed by atoms with van der Waals surface area (Å²) in [5, 5.41) is 3.12. The van der Waals surface area contributed by atoms with Crippen molar-refractivity contribution in [1.82, 2.24) is 9.62 Å². The van der Waals surface area contributed by atoms with Crippen LogP contribution in [0.5, 0.6) is 0 Å². The Kier molecular flexibility index (Phi) is 6.20. The molecule has 0 radical (unpaired) electrons. The minimum atomic E-state index is -3.49. The number of nitrogens with one attached hydrogen (secondary N) is 1. The van der Waals surface area contributed by atoms with Crippen LogP contribution in [0, 0.1) is 6.92 Å². The van der Waals surface area contributed by atoms with E-state index in [1.54, 1.807) is 12.1 Å². The molecular weight excluding hydrogens is 408 g/mol. The highest BCUT2D eigenvalue weighted by molar-refractivity contribution is 7.89. The zero-order valence-electron chi connectivity index (χ0n) is 17.5. The zero-order chi connectivity index (χ0) is 21.8. The van der Waals surface area contributed by atoms with Gasteiger partial charge in [0, 0.05) is 18.7 Å². The lowest BCUT2D eigenvalue weighted by Crippen LogP contribution is -2.30. The maximum atomic E-state index is 13.1. The van der Waals surface area contributed by atoms with E-state index >= 15 is 0 Å². The molecule has 160 valence electrons. The summed E-state index contributed by atoms with van der Waals surface area (Å²) < 4.78 is 27.0. The molecule has 1 atom stereocenters. The fraction of sp³-hybridized carbons (Fsp3) is 0.240. The predicted molar refractivity (Wildman–Crippen MR) is 121 cm³/mol. The van der Waals surface area contributed by atoms with Gasteiger partial charge in [0.2, 0.25) is 10.0 Å². The zero-order valence-corrected chi connectivity index (χ0v) is 18.3. The lowest BCUT2D eigenvalue weighted by atomic mass is 9.94. The second kappa shape index (κ2) is 9.04. The van der Waals surface area contributed by atoms with Crippen LogP contribution in [0.15, 0.2) is 83.8 Å². The van der Waals surface area contributed by atoms with E-state index in [0.29, 0.717) is 18.7 Å². The second-order valence-electron chi connectivity index (χ2n) is 7.81. The highest BCUT2D eigenvalue weighted by atomic mass is 32.2. The van der Waals surface area contributed by atoms with Gasteiger partial charge in [0.15, 0.2) is 0 Å². The minimum absolute atomic E-state index is 0.226. The van der Waals surface area contributed by atoms with Crippen LogP contribution in [0.1, 0.15) is 45.9 Å². The van der Waals surface area contributed by atoms with Crippen molar-refractivity contribution >= 4 is 15.9 Å². The summed E-state index contributed by atoms with van der Waals surface area (Å²) in [5.74, 6) is -0.248. The van der Waals surface area contributed by atoms with Gasteiger partial charge in [-0.05, 0) is 60.7 Å². The van der Waals surface area contributed by atoms with Gasteiger partial charge in [0.25, 0.3) is 5.91 Å². The van der Waals surface area contributed by atoms with Crippen molar-refractivity contribution in [2.45, 2.75) is 30.7 Å². The maximum absolute atomic E-state index is 13.1. The minimum Gasteiger partial charge on any atom is -0.341 e. The molecule has 1 N–H and O–H groups in total. The molecule has 1 fully saturated rings. The van der Waals surface area contributed by atoms with Crippen LogP contribution in [-0.2, 0) is 10.0 Å². The second-order valence-corrected chi connectivity index (χ2v) is 9.75. The van der Waals surface area contributed by atoms with Crippen molar-refractivity contribution in [3.63, 3.8) is 0 Å². The molecule has 1 saturated heterocycles. The lowest BCUT2D eigenvalue weighted by Gasteiger charge is -2.22. The fourth-order valence-electron chi connectivity index (χ4n) is 3.97. The Balaban J connectivity index is 1.58. The van der Waals surface area contributed by atoms with Crippen LogP contribution in [0.4, 0.5) is 0 Å². The van der Waals surface area contributed by atoms with Gasteiger partial charge >= 0.3 is 0 Å². The Morgan fingerprint density at radius 2 is 1.48 bits per heavy atom. The first-order valence-electron chi connectivity index (χ1n) is 10.5. The van der Waals surface area contributed by atoms with E-state index in [0.717, 1.165) is 29.5 Å². The number of carbonyl (C=O) groups is 1. The molecule has 0 aromatic heterocycles. The standard InChI is InChI=1S/C25H26N2O3S/c1-19-9-5-6-12-23(19)24(20-10-3-2-4-11-20)26-25(28)21-13-15-22(16-14-21)31(29,30)27-17-7-8-18-27/h2-6,9-16,24H,7-8,17-18H2,1H3,(H,26,28)/t24-/m1/s1. The van der Waals surface area contributed by atoms with Crippen molar-refractivity contribution in [3.05, 3.63) is 101 Å². The maximum Gasteiger partial charge on any atom is 0.252 e. The van der Waals surface area contributed by atoms with E-state index in [4.69, 9.17) is 0 Å². The molecule has 3 aromatic rings. The predicted octanol–water partition coefficient (Wildman–Crippen LogP) is 4.30. The van der Waals surface area contributed by atoms with E-state index < -0.39 is 10.0 Å². The number of sulfonamides is 1. The molecule has 1 amide bonds. The summed E-state index contributed by atoms with van der Waals surface area (Å²) >= 11 is 0. The number of aryl methyl sites for hydroxylation is 1. The van der Waals surface area contributed by atoms with Crippen molar-refractivity contribution in [2.24, 2.45) is 0 Å². The first-order valence-corrected chi connectivity index (χ1v) is 11.9. The molecule has 0 unspecified atom stereocenters. The van der Waals surface area contributed by atoms with Gasteiger partial charge in [-0.3, -0.25) is 4.79 Å². The highest BCUT2D eigenvalue weighted by Crippen LogP contribution is 2.26. The van der Waals surface area contributed by atoms with Crippen molar-refractivity contribution in [3.8, 4) is 0 Å². The van der Waals surface area contributed by atoms with E-state index in [1.165, 1.54) is 16.4 Å². The molecule has 5 nitrogen and oxygen atoms in total. The molecule has 6 heteroatoms. The summed E-state index contributed by atoms with van der Waals surface area (Å²) in [5.41, 5.74) is 3.52. The van der Waals surface area contributed by atoms with Gasteiger partial charge in [0.1, 0.15) is 0 Å². The normalized spacial score (nSPS) is 15.5. The van der Waals surface area contributed by atoms with Crippen LogP contribution < -0.4 is 5.32 Å². The molecule has 0 bridgehead atoms. The van der Waals surface area contributed by atoms with E-state index in [2.05, 4.69) is 5.32 Å². The molecule has 31 heavy (non-hydrogen) atoms. The molecule has 1 aliphatic heterocycles. The number of carbonyl (C=O) groups excluding carboxylic acids is 1. The number of nitrogens with zero attached hydrogens (tertiary/aromatic N) is 1. The van der Waals surface area contributed by atoms with Crippen LogP contribution in [0.25, 0.3) is 0 Å². The van der Waals surface area contributed by atoms with Gasteiger partial charge in [0.05, 0.1) is 10.9 Å². The monoisotopic (exact) mass is 434 g/mol. The van der Waals surface area contributed by atoms with Gasteiger partial charge in [-0.1, -0.05) is 54.6 Å². The van der Waals surface area contributed by atoms with Crippen molar-refractivity contribution in [1.29, 1.82) is 0 Å². The summed E-state index contributed by atoms with van der Waals surface area (Å²) in [7, 11) is -3.49. The molecule has 0 saturated carbocycles. The Morgan fingerprint density at radius 3 is 2.13 bits per heavy atom. The van der Waals surface area contributed by atoms with E-state index in [9.17, 15) is 13.2 Å². The van der Waals surface area contributed by atoms with Crippen LogP contribution in [0.2, 0.25) is 0 Å². The Labute approximate surface area is 183 Å². The summed E-state index contributed by atoms with van der Waals surface area (Å²) in [6.07, 6.45) is 1.78. The first-order chi connectivity index (χ1) is 15.0. The third kappa shape index (κ3) is 4.55. The van der Waals surface area contributed by atoms with Gasteiger partial charge in [-0.2, -0.15) is 4.31 Å². The fourth-order valence-corrected chi connectivity index (χ4v) is 5.48. The quantitative estimate of drug-likeness (QED) is 0.629. The van der Waals surface area contributed by atoms with E-state index in [1.807, 2.05) is 61.5 Å². The van der Waals surface area contributed by atoms with Crippen LogP contribution in [0.3, 0.4) is 0 Å². The Bertz CT molecular complexity index is 1150. The highest BCUT2D eigenvalue weighted by Gasteiger charge is 2.27.